The maximum atomic E-state index is 12.1. The molecule has 2 atom stereocenters. The number of hydrogen-bond donors (Lipinski definition) is 0. The molecule has 1 amide bonds. The number of benzene rings is 1. The van der Waals surface area contributed by atoms with Gasteiger partial charge >= 0.3 is 0 Å². The lowest BCUT2D eigenvalue weighted by Crippen LogP contribution is -2.76. The van der Waals surface area contributed by atoms with E-state index in [-0.39, 0.29) is 11.4 Å². The van der Waals surface area contributed by atoms with Gasteiger partial charge in [-0.2, -0.15) is 0 Å². The lowest BCUT2D eigenvalue weighted by molar-refractivity contribution is -0.156. The Morgan fingerprint density at radius 1 is 1.33 bits per heavy atom. The molecule has 0 radical (unpaired) electrons. The van der Waals surface area contributed by atoms with E-state index in [0.29, 0.717) is 25.2 Å². The standard InChI is InChI=1S/C20H30N2O2/c1-16(2)12-21-15-20(10-7-11-22(20)17(3)23)19(21)14-24-13-18-8-5-4-6-9-18/h4-6,8-9,16,19H,7,10-15H2,1-3H3. The van der Waals surface area contributed by atoms with Crippen molar-refractivity contribution < 1.29 is 9.53 Å². The zero-order valence-electron chi connectivity index (χ0n) is 15.2. The summed E-state index contributed by atoms with van der Waals surface area (Å²) in [4.78, 5) is 16.7. The average molecular weight is 330 g/mol. The third-order valence-electron chi connectivity index (χ3n) is 5.43. The minimum Gasteiger partial charge on any atom is -0.375 e. The highest BCUT2D eigenvalue weighted by atomic mass is 16.5. The van der Waals surface area contributed by atoms with Gasteiger partial charge in [-0.1, -0.05) is 44.2 Å². The van der Waals surface area contributed by atoms with Gasteiger partial charge < -0.3 is 9.64 Å². The van der Waals surface area contributed by atoms with Crippen LogP contribution in [0.5, 0.6) is 0 Å². The summed E-state index contributed by atoms with van der Waals surface area (Å²) in [6.45, 7) is 10.5. The molecular weight excluding hydrogens is 300 g/mol. The first-order valence-electron chi connectivity index (χ1n) is 9.17. The van der Waals surface area contributed by atoms with E-state index in [1.165, 1.54) is 5.56 Å². The topological polar surface area (TPSA) is 32.8 Å². The smallest absolute Gasteiger partial charge is 0.220 e. The second-order valence-corrected chi connectivity index (χ2v) is 7.72. The number of carbonyl (C=O) groups is 1. The van der Waals surface area contributed by atoms with E-state index in [4.69, 9.17) is 4.74 Å². The van der Waals surface area contributed by atoms with Crippen molar-refractivity contribution in [3.8, 4) is 0 Å². The van der Waals surface area contributed by atoms with E-state index >= 15 is 0 Å². The predicted molar refractivity (Wildman–Crippen MR) is 95.6 cm³/mol. The van der Waals surface area contributed by atoms with Gasteiger partial charge in [-0.15, -0.1) is 0 Å². The van der Waals surface area contributed by atoms with Gasteiger partial charge in [-0.05, 0) is 24.3 Å². The third-order valence-corrected chi connectivity index (χ3v) is 5.43. The van der Waals surface area contributed by atoms with Gasteiger partial charge in [0.15, 0.2) is 0 Å². The van der Waals surface area contributed by atoms with Crippen molar-refractivity contribution in [3.63, 3.8) is 0 Å². The zero-order chi connectivity index (χ0) is 17.2. The molecular formula is C20H30N2O2. The molecule has 1 aromatic carbocycles. The molecule has 24 heavy (non-hydrogen) atoms. The Morgan fingerprint density at radius 3 is 2.75 bits per heavy atom. The number of ether oxygens (including phenoxy) is 1. The first-order valence-corrected chi connectivity index (χ1v) is 9.17. The molecule has 0 aliphatic carbocycles. The molecule has 2 aliphatic rings. The van der Waals surface area contributed by atoms with Gasteiger partial charge in [0, 0.05) is 26.6 Å². The minimum atomic E-state index is 0.0113. The van der Waals surface area contributed by atoms with Crippen LogP contribution >= 0.6 is 0 Å². The van der Waals surface area contributed by atoms with Crippen LogP contribution in [0.25, 0.3) is 0 Å². The van der Waals surface area contributed by atoms with Crippen LogP contribution in [0.2, 0.25) is 0 Å². The molecule has 4 nitrogen and oxygen atoms in total. The van der Waals surface area contributed by atoms with Crippen molar-refractivity contribution in [3.05, 3.63) is 35.9 Å². The van der Waals surface area contributed by atoms with E-state index in [0.717, 1.165) is 32.5 Å². The molecule has 2 fully saturated rings. The van der Waals surface area contributed by atoms with Crippen LogP contribution in [-0.4, -0.2) is 53.5 Å². The summed E-state index contributed by atoms with van der Waals surface area (Å²) in [7, 11) is 0. The largest absolute Gasteiger partial charge is 0.375 e. The van der Waals surface area contributed by atoms with Gasteiger partial charge in [0.1, 0.15) is 0 Å². The van der Waals surface area contributed by atoms with Crippen LogP contribution in [0.3, 0.4) is 0 Å². The molecule has 0 N–H and O–H groups in total. The van der Waals surface area contributed by atoms with E-state index in [1.807, 2.05) is 18.2 Å². The van der Waals surface area contributed by atoms with Gasteiger partial charge in [-0.3, -0.25) is 9.69 Å². The summed E-state index contributed by atoms with van der Waals surface area (Å²) in [6, 6.07) is 10.6. The molecule has 2 heterocycles. The Labute approximate surface area is 145 Å². The Bertz CT molecular complexity index is 560. The quantitative estimate of drug-likeness (QED) is 0.804. The summed E-state index contributed by atoms with van der Waals surface area (Å²) in [5, 5.41) is 0. The van der Waals surface area contributed by atoms with Crippen LogP contribution in [0.4, 0.5) is 0 Å². The lowest BCUT2D eigenvalue weighted by Gasteiger charge is -2.59. The van der Waals surface area contributed by atoms with Crippen molar-refractivity contribution in [2.45, 2.75) is 51.8 Å². The van der Waals surface area contributed by atoms with Gasteiger partial charge in [0.2, 0.25) is 5.91 Å². The first-order chi connectivity index (χ1) is 11.5. The lowest BCUT2D eigenvalue weighted by atomic mass is 9.77. The van der Waals surface area contributed by atoms with Gasteiger partial charge in [0.25, 0.3) is 0 Å². The Morgan fingerprint density at radius 2 is 2.08 bits per heavy atom. The maximum Gasteiger partial charge on any atom is 0.220 e. The van der Waals surface area contributed by atoms with Crippen LogP contribution in [0.15, 0.2) is 30.3 Å². The Balaban J connectivity index is 1.66. The van der Waals surface area contributed by atoms with Gasteiger partial charge in [0.05, 0.1) is 24.8 Å². The van der Waals surface area contributed by atoms with Gasteiger partial charge in [-0.25, -0.2) is 0 Å². The summed E-state index contributed by atoms with van der Waals surface area (Å²) in [5.41, 5.74) is 1.22. The van der Waals surface area contributed by atoms with E-state index < -0.39 is 0 Å². The molecule has 1 aromatic rings. The van der Waals surface area contributed by atoms with Crippen LogP contribution in [-0.2, 0) is 16.1 Å². The van der Waals surface area contributed by atoms with Crippen LogP contribution < -0.4 is 0 Å². The highest BCUT2D eigenvalue weighted by Crippen LogP contribution is 2.43. The molecule has 132 valence electrons. The fourth-order valence-corrected chi connectivity index (χ4v) is 4.46. The van der Waals surface area contributed by atoms with Crippen molar-refractivity contribution in [1.82, 2.24) is 9.80 Å². The summed E-state index contributed by atoms with van der Waals surface area (Å²) >= 11 is 0. The highest BCUT2D eigenvalue weighted by Gasteiger charge is 2.58. The number of hydrogen-bond acceptors (Lipinski definition) is 3. The normalized spacial score (nSPS) is 27.0. The first kappa shape index (κ1) is 17.4. The molecule has 3 rings (SSSR count). The highest BCUT2D eigenvalue weighted by molar-refractivity contribution is 5.75. The SMILES string of the molecule is CC(=O)N1CCCC12CN(CC(C)C)C2COCc1ccccc1. The monoisotopic (exact) mass is 330 g/mol. The van der Waals surface area contributed by atoms with Crippen molar-refractivity contribution in [2.24, 2.45) is 5.92 Å². The molecule has 0 aromatic heterocycles. The molecule has 4 heteroatoms. The van der Waals surface area contributed by atoms with E-state index in [1.54, 1.807) is 6.92 Å². The molecule has 1 spiro atoms. The Kier molecular flexibility index (Phi) is 5.26. The summed E-state index contributed by atoms with van der Waals surface area (Å²) in [6.07, 6.45) is 2.23. The van der Waals surface area contributed by atoms with E-state index in [9.17, 15) is 4.79 Å². The van der Waals surface area contributed by atoms with Crippen LogP contribution in [0, 0.1) is 5.92 Å². The number of amides is 1. The molecule has 2 unspecified atom stereocenters. The summed E-state index contributed by atoms with van der Waals surface area (Å²) < 4.78 is 6.07. The number of rotatable bonds is 6. The Hall–Kier alpha value is -1.39. The zero-order valence-corrected chi connectivity index (χ0v) is 15.2. The third kappa shape index (κ3) is 3.35. The number of carbonyl (C=O) groups excluding carboxylic acids is 1. The maximum absolute atomic E-state index is 12.1. The summed E-state index contributed by atoms with van der Waals surface area (Å²) in [5.74, 6) is 0.843. The average Bonchev–Trinajstić information content (AvgIpc) is 2.98. The molecule has 2 aliphatic heterocycles. The second kappa shape index (κ2) is 7.24. The minimum absolute atomic E-state index is 0.0113. The number of likely N-dealkylation sites (tertiary alicyclic amines) is 2. The predicted octanol–water partition coefficient (Wildman–Crippen LogP) is 2.92. The molecule has 0 bridgehead atoms. The van der Waals surface area contributed by atoms with Crippen molar-refractivity contribution >= 4 is 5.91 Å². The molecule has 2 saturated heterocycles. The van der Waals surface area contributed by atoms with Crippen molar-refractivity contribution in [2.75, 3.05) is 26.2 Å². The fraction of sp³-hybridized carbons (Fsp3) is 0.650. The fourth-order valence-electron chi connectivity index (χ4n) is 4.46. The number of nitrogens with zero attached hydrogens (tertiary/aromatic N) is 2. The molecule has 0 saturated carbocycles. The van der Waals surface area contributed by atoms with Crippen molar-refractivity contribution in [1.29, 1.82) is 0 Å². The van der Waals surface area contributed by atoms with Crippen LogP contribution in [0.1, 0.15) is 39.2 Å². The van der Waals surface area contributed by atoms with E-state index in [2.05, 4.69) is 35.8 Å². The second-order valence-electron chi connectivity index (χ2n) is 7.72.